The van der Waals surface area contributed by atoms with Crippen LogP contribution in [0.2, 0.25) is 0 Å². The highest BCUT2D eigenvalue weighted by atomic mass is 16.5. The van der Waals surface area contributed by atoms with E-state index in [0.717, 1.165) is 16.2 Å². The highest BCUT2D eigenvalue weighted by molar-refractivity contribution is 6.14. The first kappa shape index (κ1) is 23.9. The van der Waals surface area contributed by atoms with E-state index < -0.39 is 29.7 Å². The number of carbonyl (C=O) groups excluding carboxylic acids is 3. The summed E-state index contributed by atoms with van der Waals surface area (Å²) in [7, 11) is 4.33. The zero-order valence-corrected chi connectivity index (χ0v) is 18.0. The van der Waals surface area contributed by atoms with Crippen molar-refractivity contribution in [3.63, 3.8) is 0 Å². The van der Waals surface area contributed by atoms with Crippen LogP contribution in [0.3, 0.4) is 0 Å². The van der Waals surface area contributed by atoms with E-state index in [9.17, 15) is 19.5 Å². The fraction of sp³-hybridized carbons (Fsp3) is 0.348. The Bertz CT molecular complexity index is 981. The van der Waals surface area contributed by atoms with Crippen LogP contribution in [0.1, 0.15) is 34.2 Å². The zero-order valence-electron chi connectivity index (χ0n) is 18.0. The van der Waals surface area contributed by atoms with E-state index in [2.05, 4.69) is 17.2 Å². The first-order chi connectivity index (χ1) is 14.8. The van der Waals surface area contributed by atoms with Crippen molar-refractivity contribution >= 4 is 17.6 Å². The normalized spacial score (nSPS) is 12.3. The molecule has 164 valence electrons. The highest BCUT2D eigenvalue weighted by Crippen LogP contribution is 2.19. The van der Waals surface area contributed by atoms with Gasteiger partial charge in [-0.3, -0.25) is 14.4 Å². The van der Waals surface area contributed by atoms with Gasteiger partial charge in [0.1, 0.15) is 18.6 Å². The van der Waals surface area contributed by atoms with Crippen LogP contribution in [0.5, 0.6) is 0 Å². The van der Waals surface area contributed by atoms with Gasteiger partial charge in [-0.05, 0) is 37.3 Å². The Morgan fingerprint density at radius 2 is 1.84 bits per heavy atom. The maximum atomic E-state index is 12.9. The third-order valence-electron chi connectivity index (χ3n) is 5.02. The van der Waals surface area contributed by atoms with Crippen molar-refractivity contribution in [2.24, 2.45) is 0 Å². The lowest BCUT2D eigenvalue weighted by atomic mass is 9.92. The standard InChI is InChI=1S/C23H26N2O6/c1-23(20(27)14-26,22(29)24-2)25(3)21(28)18-9-7-16(8-10-18)5-6-17-13-19(31-15-17)11-12-30-4/h7-10,13,15,26H,11-12,14H2,1-4H3,(H,24,29)/t23-/m1/s1. The average Bonchev–Trinajstić information content (AvgIpc) is 3.26. The Hall–Kier alpha value is -3.41. The van der Waals surface area contributed by atoms with Crippen LogP contribution in [0, 0.1) is 11.8 Å². The lowest BCUT2D eigenvalue weighted by Crippen LogP contribution is -2.62. The van der Waals surface area contributed by atoms with Gasteiger partial charge in [0.15, 0.2) is 11.3 Å². The van der Waals surface area contributed by atoms with E-state index in [0.29, 0.717) is 18.6 Å². The predicted octanol–water partition coefficient (Wildman–Crippen LogP) is 1.01. The Kier molecular flexibility index (Phi) is 8.14. The van der Waals surface area contributed by atoms with Crippen molar-refractivity contribution in [2.75, 3.05) is 34.4 Å². The second-order valence-corrected chi connectivity index (χ2v) is 6.97. The van der Waals surface area contributed by atoms with E-state index in [4.69, 9.17) is 9.15 Å². The van der Waals surface area contributed by atoms with Gasteiger partial charge < -0.3 is 24.5 Å². The summed E-state index contributed by atoms with van der Waals surface area (Å²) < 4.78 is 10.4. The van der Waals surface area contributed by atoms with Crippen LogP contribution in [0.25, 0.3) is 0 Å². The molecule has 0 saturated carbocycles. The molecule has 8 nitrogen and oxygen atoms in total. The molecule has 1 atom stereocenters. The van der Waals surface area contributed by atoms with Crippen molar-refractivity contribution in [1.82, 2.24) is 10.2 Å². The van der Waals surface area contributed by atoms with E-state index >= 15 is 0 Å². The van der Waals surface area contributed by atoms with Gasteiger partial charge >= 0.3 is 0 Å². The topological polar surface area (TPSA) is 109 Å². The van der Waals surface area contributed by atoms with E-state index in [-0.39, 0.29) is 5.56 Å². The summed E-state index contributed by atoms with van der Waals surface area (Å²) in [5.41, 5.74) is -0.144. The van der Waals surface area contributed by atoms with Crippen LogP contribution < -0.4 is 5.32 Å². The molecule has 0 aliphatic heterocycles. The molecule has 31 heavy (non-hydrogen) atoms. The number of methoxy groups -OCH3 is 1. The highest BCUT2D eigenvalue weighted by Gasteiger charge is 2.46. The number of hydrogen-bond acceptors (Lipinski definition) is 6. The van der Waals surface area contributed by atoms with Crippen molar-refractivity contribution in [3.8, 4) is 11.8 Å². The van der Waals surface area contributed by atoms with Crippen LogP contribution in [-0.4, -0.2) is 67.6 Å². The summed E-state index contributed by atoms with van der Waals surface area (Å²) >= 11 is 0. The molecule has 0 spiro atoms. The molecule has 2 N–H and O–H groups in total. The number of benzene rings is 1. The second kappa shape index (κ2) is 10.6. The van der Waals surface area contributed by atoms with Gasteiger partial charge in [0.2, 0.25) is 0 Å². The zero-order chi connectivity index (χ0) is 23.0. The van der Waals surface area contributed by atoms with Gasteiger partial charge in [0, 0.05) is 38.8 Å². The molecule has 0 aliphatic carbocycles. The van der Waals surface area contributed by atoms with Gasteiger partial charge in [0.25, 0.3) is 11.8 Å². The van der Waals surface area contributed by atoms with Crippen molar-refractivity contribution in [3.05, 3.63) is 59.0 Å². The molecule has 0 aliphatic rings. The molecule has 0 bridgehead atoms. The van der Waals surface area contributed by atoms with E-state index in [1.54, 1.807) is 37.6 Å². The second-order valence-electron chi connectivity index (χ2n) is 6.97. The Morgan fingerprint density at radius 1 is 1.19 bits per heavy atom. The van der Waals surface area contributed by atoms with E-state index in [1.807, 2.05) is 6.07 Å². The summed E-state index contributed by atoms with van der Waals surface area (Å²) in [6.45, 7) is 0.998. The van der Waals surface area contributed by atoms with Crippen molar-refractivity contribution in [2.45, 2.75) is 18.9 Å². The summed E-state index contributed by atoms with van der Waals surface area (Å²) in [5, 5.41) is 11.6. The monoisotopic (exact) mass is 426 g/mol. The molecule has 0 saturated heterocycles. The number of likely N-dealkylation sites (N-methyl/N-ethyl adjacent to an activating group) is 2. The number of ether oxygens (including phenoxy) is 1. The number of aliphatic hydroxyl groups excluding tert-OH is 1. The van der Waals surface area contributed by atoms with Crippen LogP contribution in [0.15, 0.2) is 41.0 Å². The lowest BCUT2D eigenvalue weighted by molar-refractivity contribution is -0.143. The molecule has 2 rings (SSSR count). The number of hydrogen-bond donors (Lipinski definition) is 2. The molecule has 0 fully saturated rings. The Balaban J connectivity index is 2.17. The van der Waals surface area contributed by atoms with Crippen LogP contribution in [-0.2, 0) is 20.7 Å². The first-order valence-electron chi connectivity index (χ1n) is 9.60. The van der Waals surface area contributed by atoms with Crippen LogP contribution in [0.4, 0.5) is 0 Å². The van der Waals surface area contributed by atoms with Gasteiger partial charge in [-0.1, -0.05) is 11.8 Å². The maximum Gasteiger partial charge on any atom is 0.254 e. The summed E-state index contributed by atoms with van der Waals surface area (Å²) in [4.78, 5) is 38.4. The van der Waals surface area contributed by atoms with Crippen LogP contribution >= 0.6 is 0 Å². The third kappa shape index (κ3) is 5.40. The molecular weight excluding hydrogens is 400 g/mol. The molecule has 2 amide bonds. The van der Waals surface area contributed by atoms with E-state index in [1.165, 1.54) is 21.0 Å². The Labute approximate surface area is 181 Å². The van der Waals surface area contributed by atoms with Crippen molar-refractivity contribution < 1.29 is 28.6 Å². The SMILES string of the molecule is CNC(=O)[C@@](C)(C(=O)CO)N(C)C(=O)c1ccc(C#Cc2coc(CCOC)c2)cc1. The fourth-order valence-electron chi connectivity index (χ4n) is 2.88. The summed E-state index contributed by atoms with van der Waals surface area (Å²) in [6, 6.07) is 8.32. The minimum absolute atomic E-state index is 0.277. The predicted molar refractivity (Wildman–Crippen MR) is 113 cm³/mol. The number of carbonyl (C=O) groups is 3. The number of Topliss-reactive ketones (excluding diaryl/α,β-unsaturated/α-hetero) is 1. The lowest BCUT2D eigenvalue weighted by Gasteiger charge is -2.35. The minimum Gasteiger partial charge on any atom is -0.468 e. The quantitative estimate of drug-likeness (QED) is 0.482. The van der Waals surface area contributed by atoms with Crippen molar-refractivity contribution in [1.29, 1.82) is 0 Å². The average molecular weight is 426 g/mol. The molecule has 1 aromatic carbocycles. The largest absolute Gasteiger partial charge is 0.468 e. The smallest absolute Gasteiger partial charge is 0.254 e. The van der Waals surface area contributed by atoms with Gasteiger partial charge in [-0.25, -0.2) is 0 Å². The molecule has 1 heterocycles. The number of rotatable bonds is 8. The van der Waals surface area contributed by atoms with Gasteiger partial charge in [-0.15, -0.1) is 0 Å². The number of nitrogens with one attached hydrogen (secondary N) is 1. The molecule has 0 unspecified atom stereocenters. The molecule has 0 radical (unpaired) electrons. The molecule has 1 aromatic heterocycles. The Morgan fingerprint density at radius 3 is 2.42 bits per heavy atom. The van der Waals surface area contributed by atoms with Gasteiger partial charge in [0.05, 0.1) is 12.2 Å². The minimum atomic E-state index is -1.83. The first-order valence-corrected chi connectivity index (χ1v) is 9.60. The number of aliphatic hydroxyl groups is 1. The van der Waals surface area contributed by atoms with Gasteiger partial charge in [-0.2, -0.15) is 0 Å². The third-order valence-corrected chi connectivity index (χ3v) is 5.02. The molecule has 2 aromatic rings. The summed E-state index contributed by atoms with van der Waals surface area (Å²) in [5.74, 6) is 4.77. The summed E-state index contributed by atoms with van der Waals surface area (Å²) in [6.07, 6.45) is 2.24. The number of amides is 2. The maximum absolute atomic E-state index is 12.9. The molecular formula is C23H26N2O6. The number of furan rings is 1. The fourth-order valence-corrected chi connectivity index (χ4v) is 2.88. The molecule has 8 heteroatoms. The number of ketones is 1. The number of nitrogens with zero attached hydrogens (tertiary/aromatic N) is 1.